The summed E-state index contributed by atoms with van der Waals surface area (Å²) in [4.78, 5) is 9.07. The highest BCUT2D eigenvalue weighted by Gasteiger charge is 2.15. The average Bonchev–Trinajstić information content (AvgIpc) is 2.51. The highest BCUT2D eigenvalue weighted by molar-refractivity contribution is 5.79. The second kappa shape index (κ2) is 7.47. The summed E-state index contributed by atoms with van der Waals surface area (Å²) in [6.07, 6.45) is 1.13. The number of guanidine groups is 1. The van der Waals surface area contributed by atoms with Gasteiger partial charge in [0.2, 0.25) is 5.96 Å². The van der Waals surface area contributed by atoms with Gasteiger partial charge in [-0.15, -0.1) is 0 Å². The molecule has 17 heavy (non-hydrogen) atoms. The van der Waals surface area contributed by atoms with Gasteiger partial charge in [0.1, 0.15) is 0 Å². The number of nitrogens with two attached hydrogens (primary N) is 1. The summed E-state index contributed by atoms with van der Waals surface area (Å²) in [6, 6.07) is 0.118. The van der Waals surface area contributed by atoms with E-state index in [1.54, 1.807) is 7.11 Å². The van der Waals surface area contributed by atoms with Crippen LogP contribution in [-0.2, 0) is 4.74 Å². The van der Waals surface area contributed by atoms with Gasteiger partial charge >= 0.3 is 0 Å². The molecule has 0 aromatic rings. The van der Waals surface area contributed by atoms with Crippen LogP contribution in [0.5, 0.6) is 0 Å². The topological polar surface area (TPSA) is 66.1 Å². The van der Waals surface area contributed by atoms with Gasteiger partial charge in [-0.1, -0.05) is 0 Å². The summed E-state index contributed by atoms with van der Waals surface area (Å²) in [5, 5.41) is 0. The summed E-state index contributed by atoms with van der Waals surface area (Å²) in [5.74, 6) is 6.33. The van der Waals surface area contributed by atoms with E-state index >= 15 is 0 Å². The molecule has 0 bridgehead atoms. The zero-order valence-corrected chi connectivity index (χ0v) is 11.1. The van der Waals surface area contributed by atoms with Gasteiger partial charge in [0, 0.05) is 26.7 Å². The van der Waals surface area contributed by atoms with E-state index in [0.717, 1.165) is 38.6 Å². The third-order valence-electron chi connectivity index (χ3n) is 2.90. The molecular formula is C11H25N5O. The van der Waals surface area contributed by atoms with Crippen LogP contribution in [-0.4, -0.2) is 68.7 Å². The molecule has 6 heteroatoms. The molecule has 1 unspecified atom stereocenters. The van der Waals surface area contributed by atoms with Gasteiger partial charge in [0.15, 0.2) is 0 Å². The van der Waals surface area contributed by atoms with Crippen molar-refractivity contribution in [3.05, 3.63) is 0 Å². The predicted octanol–water partition coefficient (Wildman–Crippen LogP) is -0.522. The number of ether oxygens (including phenoxy) is 1. The fourth-order valence-electron chi connectivity index (χ4n) is 1.96. The summed E-state index contributed by atoms with van der Waals surface area (Å²) >= 11 is 0. The van der Waals surface area contributed by atoms with Crippen molar-refractivity contribution in [2.75, 3.05) is 46.9 Å². The van der Waals surface area contributed by atoms with Crippen LogP contribution >= 0.6 is 0 Å². The van der Waals surface area contributed by atoms with E-state index in [1.807, 2.05) is 6.92 Å². The van der Waals surface area contributed by atoms with E-state index in [1.165, 1.54) is 0 Å². The molecule has 100 valence electrons. The van der Waals surface area contributed by atoms with Crippen LogP contribution in [0.2, 0.25) is 0 Å². The molecule has 0 aliphatic carbocycles. The normalized spacial score (nSPS) is 21.2. The van der Waals surface area contributed by atoms with Crippen LogP contribution in [0, 0.1) is 0 Å². The van der Waals surface area contributed by atoms with E-state index in [0.29, 0.717) is 6.61 Å². The summed E-state index contributed by atoms with van der Waals surface area (Å²) in [6.45, 7) is 6.75. The monoisotopic (exact) mass is 243 g/mol. The number of hydrogen-bond donors (Lipinski definition) is 2. The quantitative estimate of drug-likeness (QED) is 0.302. The maximum absolute atomic E-state index is 5.56. The van der Waals surface area contributed by atoms with Crippen LogP contribution in [0.4, 0.5) is 0 Å². The molecule has 1 aliphatic rings. The zero-order chi connectivity index (χ0) is 12.7. The van der Waals surface area contributed by atoms with Crippen molar-refractivity contribution >= 4 is 5.96 Å². The van der Waals surface area contributed by atoms with Gasteiger partial charge in [-0.05, 0) is 26.9 Å². The maximum Gasteiger partial charge on any atom is 0.208 e. The van der Waals surface area contributed by atoms with Crippen molar-refractivity contribution in [1.29, 1.82) is 0 Å². The van der Waals surface area contributed by atoms with Crippen LogP contribution in [0.3, 0.4) is 0 Å². The average molecular weight is 243 g/mol. The molecule has 1 aliphatic heterocycles. The molecule has 1 atom stereocenters. The van der Waals surface area contributed by atoms with E-state index in [4.69, 9.17) is 10.6 Å². The van der Waals surface area contributed by atoms with Crippen molar-refractivity contribution < 1.29 is 4.74 Å². The van der Waals surface area contributed by atoms with Gasteiger partial charge < -0.3 is 14.5 Å². The molecule has 0 aromatic carbocycles. The van der Waals surface area contributed by atoms with Crippen molar-refractivity contribution in [3.63, 3.8) is 0 Å². The lowest BCUT2D eigenvalue weighted by Gasteiger charge is -2.24. The molecular weight excluding hydrogens is 218 g/mol. The van der Waals surface area contributed by atoms with Crippen molar-refractivity contribution in [1.82, 2.24) is 15.2 Å². The van der Waals surface area contributed by atoms with Gasteiger partial charge in [-0.2, -0.15) is 0 Å². The Kier molecular flexibility index (Phi) is 6.25. The van der Waals surface area contributed by atoms with Crippen molar-refractivity contribution in [3.8, 4) is 0 Å². The second-order valence-corrected chi connectivity index (χ2v) is 4.55. The van der Waals surface area contributed by atoms with Gasteiger partial charge in [-0.3, -0.25) is 5.43 Å². The lowest BCUT2D eigenvalue weighted by atomic mass is 10.4. The molecule has 0 amide bonds. The molecule has 0 spiro atoms. The van der Waals surface area contributed by atoms with E-state index in [2.05, 4.69) is 27.3 Å². The first kappa shape index (κ1) is 14.2. The standard InChI is InChI=1S/C11H25N5O/c1-10(9-17-3)13-11(14-12)16-6-4-5-15(2)7-8-16/h10H,4-9,12H2,1-3H3,(H,13,14). The van der Waals surface area contributed by atoms with E-state index in [9.17, 15) is 0 Å². The summed E-state index contributed by atoms with van der Waals surface area (Å²) in [5.41, 5.74) is 2.71. The lowest BCUT2D eigenvalue weighted by Crippen LogP contribution is -2.47. The first-order valence-electron chi connectivity index (χ1n) is 6.14. The smallest absolute Gasteiger partial charge is 0.208 e. The summed E-state index contributed by atoms with van der Waals surface area (Å²) < 4.78 is 5.08. The molecule has 6 nitrogen and oxygen atoms in total. The number of likely N-dealkylation sites (N-methyl/N-ethyl adjacent to an activating group) is 1. The minimum atomic E-state index is 0.118. The van der Waals surface area contributed by atoms with Gasteiger partial charge in [-0.25, -0.2) is 10.8 Å². The SMILES string of the molecule is COCC(C)N=C(NN)N1CCCN(C)CC1. The molecule has 1 rings (SSSR count). The number of nitrogens with zero attached hydrogens (tertiary/aromatic N) is 3. The Balaban J connectivity index is 2.59. The predicted molar refractivity (Wildman–Crippen MR) is 69.8 cm³/mol. The van der Waals surface area contributed by atoms with Gasteiger partial charge in [0.25, 0.3) is 0 Å². The van der Waals surface area contributed by atoms with Crippen molar-refractivity contribution in [2.45, 2.75) is 19.4 Å². The minimum Gasteiger partial charge on any atom is -0.382 e. The number of rotatable bonds is 3. The Morgan fingerprint density at radius 2 is 2.18 bits per heavy atom. The fourth-order valence-corrected chi connectivity index (χ4v) is 1.96. The Morgan fingerprint density at radius 1 is 1.41 bits per heavy atom. The Labute approximate surface area is 104 Å². The largest absolute Gasteiger partial charge is 0.382 e. The third-order valence-corrected chi connectivity index (χ3v) is 2.90. The Morgan fingerprint density at radius 3 is 2.82 bits per heavy atom. The number of hydrogen-bond acceptors (Lipinski definition) is 4. The molecule has 1 fully saturated rings. The zero-order valence-electron chi connectivity index (χ0n) is 11.1. The molecule has 0 saturated carbocycles. The fraction of sp³-hybridized carbons (Fsp3) is 0.909. The summed E-state index contributed by atoms with van der Waals surface area (Å²) in [7, 11) is 3.83. The molecule has 0 aromatic heterocycles. The van der Waals surface area contributed by atoms with Crippen LogP contribution in [0.1, 0.15) is 13.3 Å². The second-order valence-electron chi connectivity index (χ2n) is 4.55. The minimum absolute atomic E-state index is 0.118. The highest BCUT2D eigenvalue weighted by atomic mass is 16.5. The van der Waals surface area contributed by atoms with Crippen LogP contribution < -0.4 is 11.3 Å². The number of aliphatic imine (C=N–C) groups is 1. The first-order valence-corrected chi connectivity index (χ1v) is 6.14. The number of methoxy groups -OCH3 is 1. The molecule has 1 heterocycles. The van der Waals surface area contributed by atoms with E-state index in [-0.39, 0.29) is 6.04 Å². The third kappa shape index (κ3) is 4.89. The number of nitrogens with one attached hydrogen (secondary N) is 1. The Bertz CT molecular complexity index is 246. The highest BCUT2D eigenvalue weighted by Crippen LogP contribution is 2.02. The Hall–Kier alpha value is -0.850. The molecule has 1 saturated heterocycles. The number of hydrazine groups is 1. The van der Waals surface area contributed by atoms with Gasteiger partial charge in [0.05, 0.1) is 12.6 Å². The molecule has 3 N–H and O–H groups in total. The maximum atomic E-state index is 5.56. The van der Waals surface area contributed by atoms with E-state index < -0.39 is 0 Å². The van der Waals surface area contributed by atoms with Crippen molar-refractivity contribution in [2.24, 2.45) is 10.8 Å². The molecule has 0 radical (unpaired) electrons. The lowest BCUT2D eigenvalue weighted by molar-refractivity contribution is 0.185. The van der Waals surface area contributed by atoms with Crippen LogP contribution in [0.15, 0.2) is 4.99 Å². The van der Waals surface area contributed by atoms with Crippen LogP contribution in [0.25, 0.3) is 0 Å². The first-order chi connectivity index (χ1) is 8.17.